The second kappa shape index (κ2) is 5.62. The van der Waals surface area contributed by atoms with Gasteiger partial charge in [0.15, 0.2) is 11.6 Å². The Kier molecular flexibility index (Phi) is 3.83. The quantitative estimate of drug-likeness (QED) is 0.636. The highest BCUT2D eigenvalue weighted by Crippen LogP contribution is 2.28. The molecule has 0 amide bonds. The molecule has 6 heteroatoms. The molecule has 0 unspecified atom stereocenters. The summed E-state index contributed by atoms with van der Waals surface area (Å²) in [7, 11) is 0. The van der Waals surface area contributed by atoms with E-state index in [4.69, 9.17) is 23.2 Å². The molecule has 1 heterocycles. The molecule has 2 aromatic carbocycles. The lowest BCUT2D eigenvalue weighted by atomic mass is 10.2. The van der Waals surface area contributed by atoms with Crippen LogP contribution in [0.4, 0.5) is 8.78 Å². The minimum absolute atomic E-state index is 0.366. The van der Waals surface area contributed by atoms with E-state index >= 15 is 0 Å². The molecular weight excluding hydrogens is 317 g/mol. The molecule has 0 saturated heterocycles. The number of para-hydroxylation sites is 1. The molecule has 3 aromatic rings. The van der Waals surface area contributed by atoms with Crippen molar-refractivity contribution >= 4 is 34.2 Å². The van der Waals surface area contributed by atoms with Gasteiger partial charge < -0.3 is 0 Å². The molecule has 0 saturated carbocycles. The maximum Gasteiger partial charge on any atom is 0.160 e. The topological polar surface area (TPSA) is 17.8 Å². The minimum Gasteiger partial charge on any atom is -0.295 e. The van der Waals surface area contributed by atoms with Crippen LogP contribution < -0.4 is 0 Å². The van der Waals surface area contributed by atoms with Crippen molar-refractivity contribution in [1.82, 2.24) is 9.55 Å². The van der Waals surface area contributed by atoms with Crippen LogP contribution in [0.5, 0.6) is 0 Å². The van der Waals surface area contributed by atoms with E-state index in [1.807, 2.05) is 6.07 Å². The zero-order valence-electron chi connectivity index (χ0n) is 10.8. The van der Waals surface area contributed by atoms with Gasteiger partial charge in [0.25, 0.3) is 0 Å². The Bertz CT molecular complexity index is 815. The third-order valence-corrected chi connectivity index (χ3v) is 3.67. The van der Waals surface area contributed by atoms with Crippen LogP contribution >= 0.6 is 23.2 Å². The summed E-state index contributed by atoms with van der Waals surface area (Å²) < 4.78 is 28.4. The largest absolute Gasteiger partial charge is 0.295 e. The summed E-state index contributed by atoms with van der Waals surface area (Å²) in [5.74, 6) is -0.796. The number of rotatable bonds is 3. The maximum absolute atomic E-state index is 13.5. The van der Waals surface area contributed by atoms with Crippen LogP contribution in [0.2, 0.25) is 5.02 Å². The molecule has 0 aliphatic heterocycles. The Hall–Kier alpha value is -1.65. The fourth-order valence-corrected chi connectivity index (χ4v) is 2.71. The number of hydrogen-bond acceptors (Lipinski definition) is 1. The van der Waals surface area contributed by atoms with Gasteiger partial charge in [-0.25, -0.2) is 13.8 Å². The lowest BCUT2D eigenvalue weighted by molar-refractivity contribution is 0.508. The highest BCUT2D eigenvalue weighted by Gasteiger charge is 2.15. The summed E-state index contributed by atoms with van der Waals surface area (Å²) in [5.41, 5.74) is 1.81. The Labute approximate surface area is 129 Å². The number of aromatic nitrogens is 2. The molecule has 0 N–H and O–H groups in total. The molecule has 21 heavy (non-hydrogen) atoms. The number of benzene rings is 2. The van der Waals surface area contributed by atoms with Crippen molar-refractivity contribution in [2.45, 2.75) is 6.42 Å². The van der Waals surface area contributed by atoms with Gasteiger partial charge in [-0.1, -0.05) is 17.7 Å². The average molecular weight is 327 g/mol. The monoisotopic (exact) mass is 326 g/mol. The Morgan fingerprint density at radius 1 is 1.10 bits per heavy atom. The van der Waals surface area contributed by atoms with Gasteiger partial charge >= 0.3 is 0 Å². The molecule has 1 aromatic heterocycles. The van der Waals surface area contributed by atoms with E-state index in [9.17, 15) is 8.78 Å². The lowest BCUT2D eigenvalue weighted by Gasteiger charge is -2.10. The van der Waals surface area contributed by atoms with E-state index in [0.29, 0.717) is 39.9 Å². The fourth-order valence-electron chi connectivity index (χ4n) is 2.29. The van der Waals surface area contributed by atoms with E-state index < -0.39 is 11.6 Å². The molecule has 0 aliphatic carbocycles. The predicted molar refractivity (Wildman–Crippen MR) is 80.4 cm³/mol. The first-order valence-corrected chi connectivity index (χ1v) is 7.20. The zero-order valence-corrected chi connectivity index (χ0v) is 12.3. The standard InChI is InChI=1S/C15H10Cl2F2N2/c16-7-6-14-20-13-3-1-2-10(17)15(13)21(14)9-4-5-11(18)12(19)8-9/h1-5,8H,6-7H2. The number of hydrogen-bond donors (Lipinski definition) is 0. The van der Waals surface area contributed by atoms with Crippen molar-refractivity contribution in [2.24, 2.45) is 0 Å². The number of halogens is 4. The summed E-state index contributed by atoms with van der Waals surface area (Å²) in [6.07, 6.45) is 0.492. The van der Waals surface area contributed by atoms with Crippen molar-refractivity contribution in [2.75, 3.05) is 5.88 Å². The molecule has 2 nitrogen and oxygen atoms in total. The second-order valence-corrected chi connectivity index (χ2v) is 5.29. The van der Waals surface area contributed by atoms with E-state index in [1.54, 1.807) is 16.7 Å². The van der Waals surface area contributed by atoms with Crippen LogP contribution in [-0.4, -0.2) is 15.4 Å². The third-order valence-electron chi connectivity index (χ3n) is 3.18. The van der Waals surface area contributed by atoms with Crippen LogP contribution in [0.3, 0.4) is 0 Å². The van der Waals surface area contributed by atoms with Gasteiger partial charge in [-0.3, -0.25) is 4.57 Å². The third kappa shape index (κ3) is 2.49. The molecule has 0 radical (unpaired) electrons. The fraction of sp³-hybridized carbons (Fsp3) is 0.133. The lowest BCUT2D eigenvalue weighted by Crippen LogP contribution is -2.03. The summed E-state index contributed by atoms with van der Waals surface area (Å²) in [5, 5.41) is 0.491. The van der Waals surface area contributed by atoms with Crippen molar-refractivity contribution in [3.63, 3.8) is 0 Å². The molecule has 0 atom stereocenters. The van der Waals surface area contributed by atoms with Gasteiger partial charge in [0.05, 0.1) is 21.7 Å². The van der Waals surface area contributed by atoms with Crippen LogP contribution in [-0.2, 0) is 6.42 Å². The molecular formula is C15H10Cl2F2N2. The average Bonchev–Trinajstić information content (AvgIpc) is 2.82. The summed E-state index contributed by atoms with van der Waals surface area (Å²) >= 11 is 12.0. The van der Waals surface area contributed by atoms with E-state index in [0.717, 1.165) is 12.1 Å². The van der Waals surface area contributed by atoms with Gasteiger partial charge in [-0.05, 0) is 24.3 Å². The number of imidazole rings is 1. The van der Waals surface area contributed by atoms with Crippen LogP contribution in [0.25, 0.3) is 16.7 Å². The summed E-state index contributed by atoms with van der Waals surface area (Å²) in [6, 6.07) is 9.02. The van der Waals surface area contributed by atoms with E-state index in [1.165, 1.54) is 6.07 Å². The Morgan fingerprint density at radius 2 is 1.90 bits per heavy atom. The van der Waals surface area contributed by atoms with Gasteiger partial charge in [0.1, 0.15) is 5.82 Å². The van der Waals surface area contributed by atoms with Crippen LogP contribution in [0.15, 0.2) is 36.4 Å². The number of fused-ring (bicyclic) bond motifs is 1. The van der Waals surface area contributed by atoms with Crippen LogP contribution in [0.1, 0.15) is 5.82 Å². The number of nitrogens with zero attached hydrogens (tertiary/aromatic N) is 2. The van der Waals surface area contributed by atoms with Gasteiger partial charge in [-0.15, -0.1) is 11.6 Å². The minimum atomic E-state index is -0.918. The van der Waals surface area contributed by atoms with Gasteiger partial charge in [0.2, 0.25) is 0 Å². The Morgan fingerprint density at radius 3 is 2.62 bits per heavy atom. The molecule has 0 spiro atoms. The molecule has 3 rings (SSSR count). The molecule has 0 bridgehead atoms. The molecule has 0 fully saturated rings. The van der Waals surface area contributed by atoms with Crippen molar-refractivity contribution in [1.29, 1.82) is 0 Å². The SMILES string of the molecule is Fc1ccc(-n2c(CCCl)nc3cccc(Cl)c32)cc1F. The van der Waals surface area contributed by atoms with E-state index in [-0.39, 0.29) is 0 Å². The van der Waals surface area contributed by atoms with Crippen molar-refractivity contribution in [3.05, 3.63) is 58.9 Å². The highest BCUT2D eigenvalue weighted by atomic mass is 35.5. The predicted octanol–water partition coefficient (Wildman–Crippen LogP) is 4.74. The first-order valence-electron chi connectivity index (χ1n) is 6.29. The Balaban J connectivity index is 2.32. The van der Waals surface area contributed by atoms with Crippen molar-refractivity contribution in [3.8, 4) is 5.69 Å². The summed E-state index contributed by atoms with van der Waals surface area (Å²) in [4.78, 5) is 4.47. The second-order valence-electron chi connectivity index (χ2n) is 4.51. The molecule has 0 aliphatic rings. The van der Waals surface area contributed by atoms with Crippen LogP contribution in [0, 0.1) is 11.6 Å². The smallest absolute Gasteiger partial charge is 0.160 e. The summed E-state index contributed by atoms with van der Waals surface area (Å²) in [6.45, 7) is 0. The highest BCUT2D eigenvalue weighted by molar-refractivity contribution is 6.35. The van der Waals surface area contributed by atoms with Gasteiger partial charge in [0, 0.05) is 18.4 Å². The first kappa shape index (κ1) is 14.3. The maximum atomic E-state index is 13.5. The van der Waals surface area contributed by atoms with Gasteiger partial charge in [-0.2, -0.15) is 0 Å². The van der Waals surface area contributed by atoms with Crippen molar-refractivity contribution < 1.29 is 8.78 Å². The normalized spacial score (nSPS) is 11.2. The number of aryl methyl sites for hydroxylation is 1. The first-order chi connectivity index (χ1) is 10.1. The number of alkyl halides is 1. The molecule has 108 valence electrons. The van der Waals surface area contributed by atoms with E-state index in [2.05, 4.69) is 4.98 Å². The zero-order chi connectivity index (χ0) is 15.0.